The lowest BCUT2D eigenvalue weighted by Crippen LogP contribution is -2.45. The second kappa shape index (κ2) is 6.72. The maximum absolute atomic E-state index is 12.0. The fraction of sp³-hybridized carbons (Fsp3) is 0.389. The summed E-state index contributed by atoms with van der Waals surface area (Å²) >= 11 is 0. The predicted octanol–water partition coefficient (Wildman–Crippen LogP) is 3.40. The van der Waals surface area contributed by atoms with Crippen LogP contribution in [0.2, 0.25) is 0 Å². The van der Waals surface area contributed by atoms with Crippen molar-refractivity contribution in [2.45, 2.75) is 45.8 Å². The van der Waals surface area contributed by atoms with Crippen molar-refractivity contribution in [1.29, 1.82) is 0 Å². The van der Waals surface area contributed by atoms with E-state index < -0.39 is 0 Å². The molecule has 0 saturated carbocycles. The summed E-state index contributed by atoms with van der Waals surface area (Å²) in [5.41, 5.74) is 1.22. The van der Waals surface area contributed by atoms with Gasteiger partial charge in [-0.25, -0.2) is 0 Å². The average molecular weight is 284 g/mol. The Morgan fingerprint density at radius 1 is 0.952 bits per heavy atom. The number of carbonyl (C=O) groups is 1. The van der Waals surface area contributed by atoms with Crippen LogP contribution in [0.5, 0.6) is 0 Å². The minimum absolute atomic E-state index is 0.0390. The molecule has 2 atom stereocenters. The first-order valence-corrected chi connectivity index (χ1v) is 7.53. The number of nitrogens with one attached hydrogen (secondary N) is 2. The van der Waals surface area contributed by atoms with Gasteiger partial charge >= 0.3 is 0 Å². The van der Waals surface area contributed by atoms with Gasteiger partial charge in [-0.3, -0.25) is 10.1 Å². The van der Waals surface area contributed by atoms with Crippen molar-refractivity contribution < 1.29 is 4.79 Å². The van der Waals surface area contributed by atoms with Crippen LogP contribution >= 0.6 is 0 Å². The van der Waals surface area contributed by atoms with Gasteiger partial charge in [0.15, 0.2) is 0 Å². The molecular weight excluding hydrogens is 260 g/mol. The van der Waals surface area contributed by atoms with Gasteiger partial charge in [0.05, 0.1) is 6.04 Å². The maximum atomic E-state index is 12.0. The minimum Gasteiger partial charge on any atom is -0.353 e. The molecule has 21 heavy (non-hydrogen) atoms. The van der Waals surface area contributed by atoms with Crippen LogP contribution in [-0.2, 0) is 4.79 Å². The summed E-state index contributed by atoms with van der Waals surface area (Å²) in [6.45, 7) is 7.94. The van der Waals surface area contributed by atoms with E-state index in [0.29, 0.717) is 0 Å². The molecule has 0 fully saturated rings. The molecule has 0 spiro atoms. The number of amides is 1. The fourth-order valence-corrected chi connectivity index (χ4v) is 2.58. The molecule has 2 aromatic rings. The third-order valence-electron chi connectivity index (χ3n) is 3.61. The first kappa shape index (κ1) is 15.5. The third kappa shape index (κ3) is 3.82. The van der Waals surface area contributed by atoms with Gasteiger partial charge in [0.2, 0.25) is 5.91 Å². The van der Waals surface area contributed by atoms with Crippen LogP contribution in [0.25, 0.3) is 10.8 Å². The first-order chi connectivity index (χ1) is 9.99. The van der Waals surface area contributed by atoms with E-state index in [2.05, 4.69) is 47.9 Å². The van der Waals surface area contributed by atoms with E-state index in [0.717, 1.165) is 0 Å². The number of hydrogen-bond acceptors (Lipinski definition) is 2. The van der Waals surface area contributed by atoms with Crippen molar-refractivity contribution in [3.63, 3.8) is 0 Å². The standard InChI is InChI=1S/C18H24N2O/c1-12(2)19-18(21)14(4)20-13(3)16-11-7-9-15-8-5-6-10-17(15)16/h5-14,20H,1-4H3,(H,19,21)/t13-,14-/m1/s1. The largest absolute Gasteiger partial charge is 0.353 e. The molecule has 3 heteroatoms. The molecular formula is C18H24N2O. The highest BCUT2D eigenvalue weighted by molar-refractivity contribution is 5.86. The molecule has 0 saturated heterocycles. The molecule has 0 aliphatic rings. The Hall–Kier alpha value is -1.87. The van der Waals surface area contributed by atoms with E-state index in [1.54, 1.807) is 0 Å². The summed E-state index contributed by atoms with van der Waals surface area (Å²) in [6, 6.07) is 14.7. The number of benzene rings is 2. The van der Waals surface area contributed by atoms with E-state index in [9.17, 15) is 4.79 Å². The van der Waals surface area contributed by atoms with Gasteiger partial charge in [-0.05, 0) is 44.0 Å². The number of carbonyl (C=O) groups excluding carboxylic acids is 1. The van der Waals surface area contributed by atoms with Crippen molar-refractivity contribution >= 4 is 16.7 Å². The zero-order valence-electron chi connectivity index (χ0n) is 13.2. The highest BCUT2D eigenvalue weighted by Gasteiger charge is 2.17. The lowest BCUT2D eigenvalue weighted by atomic mass is 9.99. The molecule has 1 amide bonds. The Bertz CT molecular complexity index is 616. The molecule has 112 valence electrons. The van der Waals surface area contributed by atoms with Gasteiger partial charge in [0.25, 0.3) is 0 Å². The zero-order chi connectivity index (χ0) is 15.4. The fourth-order valence-electron chi connectivity index (χ4n) is 2.58. The van der Waals surface area contributed by atoms with E-state index in [1.807, 2.05) is 32.9 Å². The molecule has 2 N–H and O–H groups in total. The quantitative estimate of drug-likeness (QED) is 0.883. The summed E-state index contributed by atoms with van der Waals surface area (Å²) in [5, 5.41) is 8.77. The molecule has 2 rings (SSSR count). The maximum Gasteiger partial charge on any atom is 0.237 e. The Morgan fingerprint density at radius 2 is 1.62 bits per heavy atom. The van der Waals surface area contributed by atoms with Crippen molar-refractivity contribution in [2.75, 3.05) is 0 Å². The normalized spacial score (nSPS) is 14.1. The monoisotopic (exact) mass is 284 g/mol. The number of fused-ring (bicyclic) bond motifs is 1. The molecule has 2 aromatic carbocycles. The molecule has 3 nitrogen and oxygen atoms in total. The molecule has 0 radical (unpaired) electrons. The van der Waals surface area contributed by atoms with E-state index in [1.165, 1.54) is 16.3 Å². The van der Waals surface area contributed by atoms with E-state index in [-0.39, 0.29) is 24.0 Å². The van der Waals surface area contributed by atoms with Crippen LogP contribution in [-0.4, -0.2) is 18.0 Å². The zero-order valence-corrected chi connectivity index (χ0v) is 13.2. The van der Waals surface area contributed by atoms with Gasteiger partial charge in [0.1, 0.15) is 0 Å². The average Bonchev–Trinajstić information content (AvgIpc) is 2.45. The third-order valence-corrected chi connectivity index (χ3v) is 3.61. The molecule has 0 heterocycles. The molecule has 0 unspecified atom stereocenters. The second-order valence-electron chi connectivity index (χ2n) is 5.84. The summed E-state index contributed by atoms with van der Waals surface area (Å²) in [7, 11) is 0. The van der Waals surface area contributed by atoms with Gasteiger partial charge in [-0.2, -0.15) is 0 Å². The lowest BCUT2D eigenvalue weighted by molar-refractivity contribution is -0.123. The van der Waals surface area contributed by atoms with Crippen LogP contribution in [0.15, 0.2) is 42.5 Å². The van der Waals surface area contributed by atoms with Crippen LogP contribution in [0.3, 0.4) is 0 Å². The molecule has 0 bridgehead atoms. The van der Waals surface area contributed by atoms with Gasteiger partial charge < -0.3 is 5.32 Å². The Morgan fingerprint density at radius 3 is 2.33 bits per heavy atom. The summed E-state index contributed by atoms with van der Waals surface area (Å²) in [6.07, 6.45) is 0. The van der Waals surface area contributed by atoms with Crippen molar-refractivity contribution in [1.82, 2.24) is 10.6 Å². The van der Waals surface area contributed by atoms with Crippen molar-refractivity contribution in [3.8, 4) is 0 Å². The number of hydrogen-bond donors (Lipinski definition) is 2. The van der Waals surface area contributed by atoms with Crippen molar-refractivity contribution in [2.24, 2.45) is 0 Å². The van der Waals surface area contributed by atoms with Crippen LogP contribution < -0.4 is 10.6 Å². The van der Waals surface area contributed by atoms with Gasteiger partial charge in [-0.1, -0.05) is 42.5 Å². The first-order valence-electron chi connectivity index (χ1n) is 7.53. The second-order valence-corrected chi connectivity index (χ2v) is 5.84. The SMILES string of the molecule is CC(C)NC(=O)[C@@H](C)N[C@H](C)c1cccc2ccccc12. The van der Waals surface area contributed by atoms with Gasteiger partial charge in [-0.15, -0.1) is 0 Å². The topological polar surface area (TPSA) is 41.1 Å². The summed E-state index contributed by atoms with van der Waals surface area (Å²) in [4.78, 5) is 12.0. The Kier molecular flexibility index (Phi) is 4.97. The Labute approximate surface area is 126 Å². The number of rotatable bonds is 5. The minimum atomic E-state index is -0.221. The Balaban J connectivity index is 2.15. The molecule has 0 aliphatic heterocycles. The summed E-state index contributed by atoms with van der Waals surface area (Å²) < 4.78 is 0. The highest BCUT2D eigenvalue weighted by Crippen LogP contribution is 2.24. The van der Waals surface area contributed by atoms with Crippen molar-refractivity contribution in [3.05, 3.63) is 48.0 Å². The highest BCUT2D eigenvalue weighted by atomic mass is 16.2. The van der Waals surface area contributed by atoms with Gasteiger partial charge in [0, 0.05) is 12.1 Å². The smallest absolute Gasteiger partial charge is 0.237 e. The molecule has 0 aliphatic carbocycles. The van der Waals surface area contributed by atoms with E-state index in [4.69, 9.17) is 0 Å². The predicted molar refractivity (Wildman–Crippen MR) is 88.2 cm³/mol. The molecule has 0 aromatic heterocycles. The van der Waals surface area contributed by atoms with Crippen LogP contribution in [0.4, 0.5) is 0 Å². The lowest BCUT2D eigenvalue weighted by Gasteiger charge is -2.22. The van der Waals surface area contributed by atoms with Crippen LogP contribution in [0, 0.1) is 0 Å². The van der Waals surface area contributed by atoms with Crippen LogP contribution in [0.1, 0.15) is 39.3 Å². The van der Waals surface area contributed by atoms with E-state index >= 15 is 0 Å². The summed E-state index contributed by atoms with van der Waals surface area (Å²) in [5.74, 6) is 0.0390.